The zero-order chi connectivity index (χ0) is 11.9. The van der Waals surface area contributed by atoms with Gasteiger partial charge in [-0.25, -0.2) is 19.9 Å². The van der Waals surface area contributed by atoms with E-state index in [0.717, 1.165) is 21.2 Å². The van der Waals surface area contributed by atoms with Crippen molar-refractivity contribution < 1.29 is 0 Å². The van der Waals surface area contributed by atoms with E-state index in [1.165, 1.54) is 17.7 Å². The third-order valence-electron chi connectivity index (χ3n) is 2.50. The lowest BCUT2D eigenvalue weighted by Gasteiger charge is -2.21. The zero-order valence-corrected chi connectivity index (χ0v) is 10.5. The molecule has 3 aromatic rings. The smallest absolute Gasteiger partial charge is 0.178 e. The molecule has 0 atom stereocenters. The molecule has 0 spiro atoms. The molecule has 1 radical (unpaired) electrons. The van der Waals surface area contributed by atoms with Crippen LogP contribution in [0.3, 0.4) is 0 Å². The average Bonchev–Trinajstić information content (AvgIpc) is 3.06. The second-order valence-electron chi connectivity index (χ2n) is 3.49. The van der Waals surface area contributed by atoms with Gasteiger partial charge in [-0.3, -0.25) is 0 Å². The summed E-state index contributed by atoms with van der Waals surface area (Å²) in [5, 5.41) is 1.73. The third-order valence-corrected chi connectivity index (χ3v) is 4.09. The van der Waals surface area contributed by atoms with E-state index in [1.807, 2.05) is 6.08 Å². The van der Waals surface area contributed by atoms with Crippen LogP contribution < -0.4 is 10.4 Å². The van der Waals surface area contributed by atoms with Gasteiger partial charge in [-0.05, 0) is 6.08 Å². The van der Waals surface area contributed by atoms with E-state index < -0.39 is 0 Å². The zero-order valence-electron chi connectivity index (χ0n) is 8.89. The molecule has 8 heteroatoms. The summed E-state index contributed by atoms with van der Waals surface area (Å²) < 4.78 is 0.913. The van der Waals surface area contributed by atoms with E-state index in [1.54, 1.807) is 33.6 Å². The predicted molar refractivity (Wildman–Crippen MR) is 70.6 cm³/mol. The first-order chi connectivity index (χ1) is 8.93. The summed E-state index contributed by atoms with van der Waals surface area (Å²) in [6, 6.07) is 0. The van der Waals surface area contributed by atoms with E-state index in [0.29, 0.717) is 5.65 Å². The Morgan fingerprint density at radius 2 is 1.89 bits per heavy atom. The lowest BCUT2D eigenvalue weighted by Crippen LogP contribution is -2.26. The van der Waals surface area contributed by atoms with Gasteiger partial charge in [0.25, 0.3) is 0 Å². The minimum absolute atomic E-state index is 0.687. The topological polar surface area (TPSA) is 68.9 Å². The largest absolute Gasteiger partial charge is 0.225 e. The Kier molecular flexibility index (Phi) is 2.05. The average molecular weight is 273 g/mol. The maximum Gasteiger partial charge on any atom is 0.178 e. The van der Waals surface area contributed by atoms with Crippen LogP contribution >= 0.6 is 22.7 Å². The fraction of sp³-hybridized carbons (Fsp3) is 0. The number of rotatable bonds is 1. The van der Waals surface area contributed by atoms with Crippen molar-refractivity contribution in [2.75, 3.05) is 5.01 Å². The van der Waals surface area contributed by atoms with Crippen molar-refractivity contribution in [3.63, 3.8) is 0 Å². The van der Waals surface area contributed by atoms with Gasteiger partial charge in [0.2, 0.25) is 0 Å². The first-order valence-electron chi connectivity index (χ1n) is 5.08. The molecule has 3 aromatic heterocycles. The third kappa shape index (κ3) is 1.33. The van der Waals surface area contributed by atoms with Gasteiger partial charge in [0.15, 0.2) is 17.3 Å². The highest BCUT2D eigenvalue weighted by Gasteiger charge is 2.23. The van der Waals surface area contributed by atoms with Crippen LogP contribution in [-0.4, -0.2) is 19.9 Å². The molecule has 87 valence electrons. The summed E-state index contributed by atoms with van der Waals surface area (Å²) >= 11 is 3.07. The minimum atomic E-state index is 0.687. The van der Waals surface area contributed by atoms with Crippen LogP contribution in [0.15, 0.2) is 23.5 Å². The second kappa shape index (κ2) is 3.72. The molecule has 0 bridgehead atoms. The first kappa shape index (κ1) is 9.92. The van der Waals surface area contributed by atoms with Crippen LogP contribution in [0.4, 0.5) is 11.6 Å². The molecule has 1 aliphatic heterocycles. The number of nitrogens with zero attached hydrogens (tertiary/aromatic N) is 6. The Bertz CT molecular complexity index is 746. The summed E-state index contributed by atoms with van der Waals surface area (Å²) in [4.78, 5) is 18.0. The number of thiazole rings is 2. The highest BCUT2D eigenvalue weighted by atomic mass is 32.1. The quantitative estimate of drug-likeness (QED) is 0.679. The van der Waals surface area contributed by atoms with Gasteiger partial charge < -0.3 is 0 Å². The molecular weight excluding hydrogens is 268 g/mol. The Morgan fingerprint density at radius 1 is 0.944 bits per heavy atom. The minimum Gasteiger partial charge on any atom is -0.225 e. The molecule has 18 heavy (non-hydrogen) atoms. The van der Waals surface area contributed by atoms with E-state index in [-0.39, 0.29) is 0 Å². The van der Waals surface area contributed by atoms with E-state index in [2.05, 4.69) is 25.4 Å². The van der Waals surface area contributed by atoms with E-state index >= 15 is 0 Å². The molecule has 4 rings (SSSR count). The summed E-state index contributed by atoms with van der Waals surface area (Å²) in [5.41, 5.74) is 8.57. The highest BCUT2D eigenvalue weighted by Crippen LogP contribution is 2.35. The van der Waals surface area contributed by atoms with Crippen LogP contribution in [0.1, 0.15) is 4.88 Å². The van der Waals surface area contributed by atoms with Crippen LogP contribution in [0.2, 0.25) is 0 Å². The maximum absolute atomic E-state index is 4.33. The van der Waals surface area contributed by atoms with Crippen molar-refractivity contribution in [3.8, 4) is 0 Å². The molecule has 0 aliphatic carbocycles. The SMILES string of the molecule is C1=Cc2scnc2N(c2ncnc3ncsc23)[N]1. The molecule has 6 nitrogen and oxygen atoms in total. The van der Waals surface area contributed by atoms with Gasteiger partial charge in [0, 0.05) is 6.20 Å². The Balaban J connectivity index is 1.94. The number of aromatic nitrogens is 4. The molecular formula is C10H5N6S2. The van der Waals surface area contributed by atoms with Gasteiger partial charge in [0.05, 0.1) is 15.9 Å². The van der Waals surface area contributed by atoms with Crippen LogP contribution in [0.5, 0.6) is 0 Å². The molecule has 0 saturated carbocycles. The normalized spacial score (nSPS) is 13.7. The molecule has 0 unspecified atom stereocenters. The summed E-state index contributed by atoms with van der Waals surface area (Å²) in [6.45, 7) is 0. The standard InChI is InChI=1S/C10H5N6S2/c1-2-15-16(9-6(1)17-5-14-9)10-7-8(11-3-12-10)13-4-18-7/h1-5H. The fourth-order valence-corrected chi connectivity index (χ4v) is 3.10. The molecule has 0 fully saturated rings. The summed E-state index contributed by atoms with van der Waals surface area (Å²) in [5.74, 6) is 1.52. The highest BCUT2D eigenvalue weighted by molar-refractivity contribution is 7.17. The Hall–Kier alpha value is -2.06. The number of hydrogen-bond donors (Lipinski definition) is 0. The molecule has 0 N–H and O–H groups in total. The van der Waals surface area contributed by atoms with Gasteiger partial charge >= 0.3 is 0 Å². The van der Waals surface area contributed by atoms with Crippen LogP contribution in [0.25, 0.3) is 16.4 Å². The molecule has 0 saturated heterocycles. The lowest BCUT2D eigenvalue weighted by molar-refractivity contribution is 0.834. The van der Waals surface area contributed by atoms with Crippen LogP contribution in [-0.2, 0) is 0 Å². The van der Waals surface area contributed by atoms with Gasteiger partial charge in [-0.2, -0.15) is 10.4 Å². The first-order valence-corrected chi connectivity index (χ1v) is 6.84. The number of anilines is 2. The Morgan fingerprint density at radius 3 is 2.89 bits per heavy atom. The van der Waals surface area contributed by atoms with Gasteiger partial charge in [-0.15, -0.1) is 22.7 Å². The van der Waals surface area contributed by atoms with Crippen molar-refractivity contribution in [1.29, 1.82) is 0 Å². The fourth-order valence-electron chi connectivity index (χ4n) is 1.73. The molecule has 1 aliphatic rings. The van der Waals surface area contributed by atoms with Gasteiger partial charge in [-0.1, -0.05) is 0 Å². The number of fused-ring (bicyclic) bond motifs is 2. The molecule has 0 amide bonds. The van der Waals surface area contributed by atoms with Crippen LogP contribution in [0, 0.1) is 0 Å². The van der Waals surface area contributed by atoms with Gasteiger partial charge in [0.1, 0.15) is 11.0 Å². The number of hydrogen-bond acceptors (Lipinski definition) is 7. The van der Waals surface area contributed by atoms with Crippen molar-refractivity contribution >= 4 is 50.7 Å². The van der Waals surface area contributed by atoms with Crippen molar-refractivity contribution in [3.05, 3.63) is 28.4 Å². The predicted octanol–water partition coefficient (Wildman–Crippen LogP) is 2.18. The molecule has 4 heterocycles. The van der Waals surface area contributed by atoms with E-state index in [4.69, 9.17) is 0 Å². The van der Waals surface area contributed by atoms with Crippen molar-refractivity contribution in [2.45, 2.75) is 0 Å². The summed E-state index contributed by atoms with van der Waals surface area (Å²) in [6.07, 6.45) is 5.18. The summed E-state index contributed by atoms with van der Waals surface area (Å²) in [7, 11) is 0. The second-order valence-corrected chi connectivity index (χ2v) is 5.23. The maximum atomic E-state index is 4.33. The monoisotopic (exact) mass is 273 g/mol. The lowest BCUT2D eigenvalue weighted by atomic mass is 10.4. The molecule has 0 aromatic carbocycles. The Labute approximate surface area is 110 Å². The van der Waals surface area contributed by atoms with Crippen molar-refractivity contribution in [1.82, 2.24) is 25.4 Å². The van der Waals surface area contributed by atoms with Crippen molar-refractivity contribution in [2.24, 2.45) is 0 Å². The van der Waals surface area contributed by atoms with E-state index in [9.17, 15) is 0 Å².